The summed E-state index contributed by atoms with van der Waals surface area (Å²) in [6, 6.07) is 0. The van der Waals surface area contributed by atoms with Crippen molar-refractivity contribution < 1.29 is 38.0 Å². The zero-order valence-electron chi connectivity index (χ0n) is 14.4. The van der Waals surface area contributed by atoms with Gasteiger partial charge in [-0.3, -0.25) is 4.79 Å². The fraction of sp³-hybridized carbons (Fsp3) is 0.471. The maximum absolute atomic E-state index is 11.9. The van der Waals surface area contributed by atoms with Crippen molar-refractivity contribution in [2.45, 2.75) is 6.42 Å². The van der Waals surface area contributed by atoms with E-state index in [0.29, 0.717) is 0 Å². The third-order valence-corrected chi connectivity index (χ3v) is 2.77. The number of esters is 1. The van der Waals surface area contributed by atoms with Crippen LogP contribution in [-0.2, 0) is 38.0 Å². The Balaban J connectivity index is 4.93. The van der Waals surface area contributed by atoms with E-state index in [-0.39, 0.29) is 46.6 Å². The SMILES string of the molecule is C=COCOCC(COCOC=C)(COCOC=C)CC(=O)OC=C. The van der Waals surface area contributed by atoms with Gasteiger partial charge < -0.3 is 33.2 Å². The van der Waals surface area contributed by atoms with Gasteiger partial charge in [-0.05, 0) is 0 Å². The molecule has 0 fully saturated rings. The Morgan fingerprint density at radius 3 is 1.44 bits per heavy atom. The third kappa shape index (κ3) is 11.8. The quantitative estimate of drug-likeness (QED) is 0.160. The fourth-order valence-electron chi connectivity index (χ4n) is 1.78. The van der Waals surface area contributed by atoms with Gasteiger partial charge in [-0.25, -0.2) is 0 Å². The molecule has 0 saturated heterocycles. The molecule has 25 heavy (non-hydrogen) atoms. The van der Waals surface area contributed by atoms with Crippen LogP contribution in [0.15, 0.2) is 51.4 Å². The van der Waals surface area contributed by atoms with Crippen LogP contribution in [0.5, 0.6) is 0 Å². The van der Waals surface area contributed by atoms with Gasteiger partial charge in [0.2, 0.25) is 0 Å². The summed E-state index contributed by atoms with van der Waals surface area (Å²) in [7, 11) is 0. The Bertz CT molecular complexity index is 367. The molecule has 8 heteroatoms. The summed E-state index contributed by atoms with van der Waals surface area (Å²) in [5, 5.41) is 0. The second-order valence-electron chi connectivity index (χ2n) is 4.73. The smallest absolute Gasteiger partial charge is 0.311 e. The molecule has 0 aliphatic heterocycles. The zero-order valence-corrected chi connectivity index (χ0v) is 14.4. The molecular formula is C17H26O8. The lowest BCUT2D eigenvalue weighted by molar-refractivity contribution is -0.159. The minimum Gasteiger partial charge on any atom is -0.476 e. The van der Waals surface area contributed by atoms with Gasteiger partial charge in [0.15, 0.2) is 20.4 Å². The lowest BCUT2D eigenvalue weighted by Crippen LogP contribution is -2.40. The van der Waals surface area contributed by atoms with E-state index in [1.807, 2.05) is 0 Å². The molecule has 0 rings (SSSR count). The zero-order chi connectivity index (χ0) is 18.8. The molecule has 0 atom stereocenters. The van der Waals surface area contributed by atoms with E-state index in [1.54, 1.807) is 0 Å². The van der Waals surface area contributed by atoms with E-state index < -0.39 is 11.4 Å². The lowest BCUT2D eigenvalue weighted by atomic mass is 9.87. The summed E-state index contributed by atoms with van der Waals surface area (Å²) in [4.78, 5) is 11.9. The predicted molar refractivity (Wildman–Crippen MR) is 89.6 cm³/mol. The number of carbonyl (C=O) groups is 1. The molecule has 0 unspecified atom stereocenters. The summed E-state index contributed by atoms with van der Waals surface area (Å²) in [5.74, 6) is -0.510. The summed E-state index contributed by atoms with van der Waals surface area (Å²) in [6.45, 7) is 13.8. The molecule has 0 aliphatic rings. The van der Waals surface area contributed by atoms with Gasteiger partial charge in [0.1, 0.15) is 0 Å². The minimum atomic E-state index is -0.861. The first-order chi connectivity index (χ1) is 12.1. The Kier molecular flexibility index (Phi) is 13.9. The highest BCUT2D eigenvalue weighted by Gasteiger charge is 2.35. The van der Waals surface area contributed by atoms with E-state index in [4.69, 9.17) is 33.2 Å². The molecule has 0 N–H and O–H groups in total. The average molecular weight is 358 g/mol. The number of carbonyl (C=O) groups excluding carboxylic acids is 1. The molecule has 0 saturated carbocycles. The number of rotatable bonds is 18. The third-order valence-electron chi connectivity index (χ3n) is 2.77. The molecular weight excluding hydrogens is 332 g/mol. The van der Waals surface area contributed by atoms with Gasteiger partial charge in [-0.15, -0.1) is 0 Å². The van der Waals surface area contributed by atoms with Crippen LogP contribution in [-0.4, -0.2) is 46.2 Å². The van der Waals surface area contributed by atoms with Gasteiger partial charge in [-0.2, -0.15) is 0 Å². The van der Waals surface area contributed by atoms with Crippen molar-refractivity contribution in [1.82, 2.24) is 0 Å². The summed E-state index contributed by atoms with van der Waals surface area (Å²) < 4.78 is 35.8. The van der Waals surface area contributed by atoms with Crippen molar-refractivity contribution in [3.63, 3.8) is 0 Å². The molecule has 0 aromatic carbocycles. The first-order valence-corrected chi connectivity index (χ1v) is 7.35. The molecule has 0 aliphatic carbocycles. The predicted octanol–water partition coefficient (Wildman–Crippen LogP) is 2.45. The molecule has 0 heterocycles. The van der Waals surface area contributed by atoms with Crippen LogP contribution in [0.2, 0.25) is 0 Å². The lowest BCUT2D eigenvalue weighted by Gasteiger charge is -2.31. The van der Waals surface area contributed by atoms with E-state index >= 15 is 0 Å². The highest BCUT2D eigenvalue weighted by atomic mass is 16.7. The Morgan fingerprint density at radius 1 is 0.720 bits per heavy atom. The van der Waals surface area contributed by atoms with Gasteiger partial charge >= 0.3 is 5.97 Å². The standard InChI is InChI=1S/C17H26O8/c1-5-19-13-22-10-17(9-16(18)25-8-4,11-23-14-20-6-2)12-24-15-21-7-3/h5-8H,1-4,9-15H2. The van der Waals surface area contributed by atoms with E-state index in [0.717, 1.165) is 6.26 Å². The molecule has 0 spiro atoms. The second kappa shape index (κ2) is 15.3. The van der Waals surface area contributed by atoms with Gasteiger partial charge in [0.25, 0.3) is 0 Å². The molecule has 0 bridgehead atoms. The van der Waals surface area contributed by atoms with Crippen LogP contribution in [0.4, 0.5) is 0 Å². The number of hydrogen-bond donors (Lipinski definition) is 0. The normalized spacial score (nSPS) is 10.4. The van der Waals surface area contributed by atoms with Crippen LogP contribution < -0.4 is 0 Å². The van der Waals surface area contributed by atoms with E-state index in [2.05, 4.69) is 26.3 Å². The average Bonchev–Trinajstić information content (AvgIpc) is 2.60. The second-order valence-corrected chi connectivity index (χ2v) is 4.73. The Labute approximate surface area is 148 Å². The molecule has 0 amide bonds. The van der Waals surface area contributed by atoms with E-state index in [9.17, 15) is 4.79 Å². The highest BCUT2D eigenvalue weighted by molar-refractivity contribution is 5.71. The van der Waals surface area contributed by atoms with Gasteiger partial charge in [0, 0.05) is 0 Å². The largest absolute Gasteiger partial charge is 0.476 e. The number of hydrogen-bond acceptors (Lipinski definition) is 8. The van der Waals surface area contributed by atoms with E-state index in [1.165, 1.54) is 18.8 Å². The maximum Gasteiger partial charge on any atom is 0.311 e. The number of ether oxygens (including phenoxy) is 7. The molecule has 8 nitrogen and oxygen atoms in total. The topological polar surface area (TPSA) is 81.7 Å². The summed E-state index contributed by atoms with van der Waals surface area (Å²) in [6.07, 6.45) is 4.75. The monoisotopic (exact) mass is 358 g/mol. The van der Waals surface area contributed by atoms with Crippen molar-refractivity contribution in [3.8, 4) is 0 Å². The van der Waals surface area contributed by atoms with Crippen LogP contribution in [0.3, 0.4) is 0 Å². The van der Waals surface area contributed by atoms with Gasteiger partial charge in [0.05, 0.1) is 56.7 Å². The van der Waals surface area contributed by atoms with Crippen molar-refractivity contribution in [1.29, 1.82) is 0 Å². The molecule has 142 valence electrons. The van der Waals surface area contributed by atoms with Crippen LogP contribution in [0.25, 0.3) is 0 Å². The van der Waals surface area contributed by atoms with Crippen molar-refractivity contribution >= 4 is 5.97 Å². The summed E-state index contributed by atoms with van der Waals surface area (Å²) >= 11 is 0. The maximum atomic E-state index is 11.9. The minimum absolute atomic E-state index is 0.0337. The van der Waals surface area contributed by atoms with Crippen molar-refractivity contribution in [3.05, 3.63) is 51.4 Å². The molecule has 0 aromatic heterocycles. The Morgan fingerprint density at radius 2 is 1.12 bits per heavy atom. The molecule has 0 aromatic rings. The first kappa shape index (κ1) is 22.7. The first-order valence-electron chi connectivity index (χ1n) is 7.35. The van der Waals surface area contributed by atoms with Crippen molar-refractivity contribution in [2.24, 2.45) is 5.41 Å². The highest BCUT2D eigenvalue weighted by Crippen LogP contribution is 2.25. The van der Waals surface area contributed by atoms with Crippen LogP contribution >= 0.6 is 0 Å². The fourth-order valence-corrected chi connectivity index (χ4v) is 1.78. The summed E-state index contributed by atoms with van der Waals surface area (Å²) in [5.41, 5.74) is -0.861. The van der Waals surface area contributed by atoms with Crippen LogP contribution in [0, 0.1) is 5.41 Å². The molecule has 0 radical (unpaired) electrons. The Hall–Kier alpha value is -2.29. The van der Waals surface area contributed by atoms with Crippen LogP contribution in [0.1, 0.15) is 6.42 Å². The van der Waals surface area contributed by atoms with Crippen molar-refractivity contribution in [2.75, 3.05) is 40.2 Å². The van der Waals surface area contributed by atoms with Gasteiger partial charge in [-0.1, -0.05) is 26.3 Å².